The summed E-state index contributed by atoms with van der Waals surface area (Å²) in [6, 6.07) is 11.2. The Morgan fingerprint density at radius 1 is 1.14 bits per heavy atom. The number of nitrogens with zero attached hydrogens (tertiary/aromatic N) is 4. The Labute approximate surface area is 169 Å². The highest BCUT2D eigenvalue weighted by atomic mass is 16.2. The third-order valence-corrected chi connectivity index (χ3v) is 5.60. The molecule has 1 fully saturated rings. The molecule has 29 heavy (non-hydrogen) atoms. The largest absolute Gasteiger partial charge is 0.352 e. The minimum Gasteiger partial charge on any atom is -0.352 e. The second kappa shape index (κ2) is 8.03. The van der Waals surface area contributed by atoms with Gasteiger partial charge >= 0.3 is 0 Å². The summed E-state index contributed by atoms with van der Waals surface area (Å²) in [6.07, 6.45) is 3.37. The number of benzene rings is 1. The first-order valence-electron chi connectivity index (χ1n) is 9.95. The molecule has 7 heteroatoms. The van der Waals surface area contributed by atoms with Crippen LogP contribution in [0.3, 0.4) is 0 Å². The smallest absolute Gasteiger partial charge is 0.253 e. The lowest BCUT2D eigenvalue weighted by Gasteiger charge is -2.32. The lowest BCUT2D eigenvalue weighted by molar-refractivity contribution is 0.0684. The number of hydrogen-bond donors (Lipinski definition) is 1. The zero-order valence-electron chi connectivity index (χ0n) is 16.8. The summed E-state index contributed by atoms with van der Waals surface area (Å²) in [7, 11) is 1.84. The van der Waals surface area contributed by atoms with Gasteiger partial charge in [0, 0.05) is 43.8 Å². The molecule has 3 aromatic rings. The molecular formula is C22H25N5O2. The molecule has 0 bridgehead atoms. The topological polar surface area (TPSA) is 80.1 Å². The number of nitrogens with one attached hydrogen (secondary N) is 1. The maximum atomic E-state index is 12.6. The molecule has 0 unspecified atom stereocenters. The van der Waals surface area contributed by atoms with Gasteiger partial charge in [0.15, 0.2) is 5.65 Å². The molecule has 0 saturated carbocycles. The molecule has 0 spiro atoms. The monoisotopic (exact) mass is 391 g/mol. The molecule has 1 N–H and O–H groups in total. The van der Waals surface area contributed by atoms with Gasteiger partial charge in [0.2, 0.25) is 0 Å². The molecule has 2 amide bonds. The summed E-state index contributed by atoms with van der Waals surface area (Å²) in [6.45, 7) is 3.96. The van der Waals surface area contributed by atoms with Crippen LogP contribution in [0.5, 0.6) is 0 Å². The van der Waals surface area contributed by atoms with E-state index in [4.69, 9.17) is 0 Å². The van der Waals surface area contributed by atoms with Crippen LogP contribution >= 0.6 is 0 Å². The number of aryl methyl sites for hydroxylation is 2. The number of likely N-dealkylation sites (tertiary alicyclic amines) is 1. The number of aromatic nitrogens is 3. The SMILES string of the molecule is Cc1nn(C)c2ncc(C(=O)NCC3CCN(C(=O)c4ccccc4)CC3)cc12. The van der Waals surface area contributed by atoms with E-state index in [1.54, 1.807) is 10.9 Å². The molecule has 1 saturated heterocycles. The molecule has 0 atom stereocenters. The van der Waals surface area contributed by atoms with Crippen LogP contribution in [0.2, 0.25) is 0 Å². The summed E-state index contributed by atoms with van der Waals surface area (Å²) >= 11 is 0. The first kappa shape index (κ1) is 19.1. The molecule has 1 aliphatic rings. The number of pyridine rings is 1. The summed E-state index contributed by atoms with van der Waals surface area (Å²) < 4.78 is 1.72. The minimum atomic E-state index is -0.120. The standard InChI is InChI=1S/C22H25N5O2/c1-15-19-12-18(14-23-20(19)26(2)25-15)21(28)24-13-16-8-10-27(11-9-16)22(29)17-6-4-3-5-7-17/h3-7,12,14,16H,8-11,13H2,1-2H3,(H,24,28). The van der Waals surface area contributed by atoms with Crippen molar-refractivity contribution >= 4 is 22.8 Å². The number of fused-ring (bicyclic) bond motifs is 1. The maximum absolute atomic E-state index is 12.6. The van der Waals surface area contributed by atoms with E-state index in [1.807, 2.05) is 55.3 Å². The Kier molecular flexibility index (Phi) is 5.29. The lowest BCUT2D eigenvalue weighted by Crippen LogP contribution is -2.41. The highest BCUT2D eigenvalue weighted by Crippen LogP contribution is 2.19. The van der Waals surface area contributed by atoms with Gasteiger partial charge in [-0.1, -0.05) is 18.2 Å². The van der Waals surface area contributed by atoms with Crippen LogP contribution < -0.4 is 5.32 Å². The molecule has 1 aromatic carbocycles. The molecule has 2 aromatic heterocycles. The van der Waals surface area contributed by atoms with E-state index in [0.29, 0.717) is 18.0 Å². The number of carbonyl (C=O) groups excluding carboxylic acids is 2. The fourth-order valence-electron chi connectivity index (χ4n) is 3.87. The van der Waals surface area contributed by atoms with E-state index in [2.05, 4.69) is 15.4 Å². The van der Waals surface area contributed by atoms with E-state index >= 15 is 0 Å². The van der Waals surface area contributed by atoms with Crippen molar-refractivity contribution in [2.45, 2.75) is 19.8 Å². The molecule has 7 nitrogen and oxygen atoms in total. The number of amides is 2. The van der Waals surface area contributed by atoms with Crippen molar-refractivity contribution in [1.29, 1.82) is 0 Å². The van der Waals surface area contributed by atoms with Gasteiger partial charge in [-0.2, -0.15) is 5.10 Å². The van der Waals surface area contributed by atoms with Crippen LogP contribution in [0, 0.1) is 12.8 Å². The first-order valence-corrected chi connectivity index (χ1v) is 9.95. The van der Waals surface area contributed by atoms with Crippen molar-refractivity contribution < 1.29 is 9.59 Å². The van der Waals surface area contributed by atoms with Gasteiger partial charge in [-0.05, 0) is 43.9 Å². The second-order valence-electron chi connectivity index (χ2n) is 7.62. The van der Waals surface area contributed by atoms with E-state index in [-0.39, 0.29) is 11.8 Å². The fourth-order valence-corrected chi connectivity index (χ4v) is 3.87. The van der Waals surface area contributed by atoms with E-state index in [1.165, 1.54) is 0 Å². The average molecular weight is 391 g/mol. The Hall–Kier alpha value is -3.22. The fraction of sp³-hybridized carbons (Fsp3) is 0.364. The van der Waals surface area contributed by atoms with Gasteiger partial charge in [0.25, 0.3) is 11.8 Å². The van der Waals surface area contributed by atoms with Crippen molar-refractivity contribution in [3.63, 3.8) is 0 Å². The summed E-state index contributed by atoms with van der Waals surface area (Å²) in [5.74, 6) is 0.334. The lowest BCUT2D eigenvalue weighted by atomic mass is 9.96. The van der Waals surface area contributed by atoms with Gasteiger partial charge in [0.05, 0.1) is 11.3 Å². The van der Waals surface area contributed by atoms with Crippen LogP contribution in [0.4, 0.5) is 0 Å². The zero-order valence-corrected chi connectivity index (χ0v) is 16.8. The summed E-state index contributed by atoms with van der Waals surface area (Å²) in [4.78, 5) is 31.4. The average Bonchev–Trinajstić information content (AvgIpc) is 3.05. The molecular weight excluding hydrogens is 366 g/mol. The van der Waals surface area contributed by atoms with E-state index < -0.39 is 0 Å². The van der Waals surface area contributed by atoms with E-state index in [9.17, 15) is 9.59 Å². The Bertz CT molecular complexity index is 1040. The van der Waals surface area contributed by atoms with Crippen molar-refractivity contribution in [3.8, 4) is 0 Å². The van der Waals surface area contributed by atoms with Gasteiger partial charge in [0.1, 0.15) is 0 Å². The van der Waals surface area contributed by atoms with Crippen molar-refractivity contribution in [1.82, 2.24) is 25.0 Å². The van der Waals surface area contributed by atoms with Gasteiger partial charge in [-0.15, -0.1) is 0 Å². The van der Waals surface area contributed by atoms with Crippen LogP contribution in [-0.4, -0.2) is 51.1 Å². The highest BCUT2D eigenvalue weighted by Gasteiger charge is 2.24. The highest BCUT2D eigenvalue weighted by molar-refractivity contribution is 5.97. The number of carbonyl (C=O) groups is 2. The van der Waals surface area contributed by atoms with E-state index in [0.717, 1.165) is 48.2 Å². The second-order valence-corrected chi connectivity index (χ2v) is 7.62. The predicted octanol–water partition coefficient (Wildman–Crippen LogP) is 2.56. The van der Waals surface area contributed by atoms with Crippen LogP contribution in [0.25, 0.3) is 11.0 Å². The molecule has 0 aliphatic carbocycles. The van der Waals surface area contributed by atoms with Crippen molar-refractivity contribution in [2.75, 3.05) is 19.6 Å². The van der Waals surface area contributed by atoms with Crippen LogP contribution in [0.1, 0.15) is 39.3 Å². The van der Waals surface area contributed by atoms with Crippen molar-refractivity contribution in [3.05, 3.63) is 59.4 Å². The number of piperidine rings is 1. The molecule has 0 radical (unpaired) electrons. The molecule has 1 aliphatic heterocycles. The molecule has 3 heterocycles. The number of hydrogen-bond acceptors (Lipinski definition) is 4. The summed E-state index contributed by atoms with van der Waals surface area (Å²) in [5.41, 5.74) is 2.91. The van der Waals surface area contributed by atoms with Gasteiger partial charge in [-0.3, -0.25) is 14.3 Å². The third kappa shape index (κ3) is 3.99. The van der Waals surface area contributed by atoms with Gasteiger partial charge in [-0.25, -0.2) is 4.98 Å². The van der Waals surface area contributed by atoms with Crippen LogP contribution in [-0.2, 0) is 7.05 Å². The Morgan fingerprint density at radius 2 is 1.86 bits per heavy atom. The van der Waals surface area contributed by atoms with Gasteiger partial charge < -0.3 is 10.2 Å². The maximum Gasteiger partial charge on any atom is 0.253 e. The van der Waals surface area contributed by atoms with Crippen molar-refractivity contribution in [2.24, 2.45) is 13.0 Å². The summed E-state index contributed by atoms with van der Waals surface area (Å²) in [5, 5.41) is 8.27. The molecule has 4 rings (SSSR count). The Morgan fingerprint density at radius 3 is 2.59 bits per heavy atom. The Balaban J connectivity index is 1.31. The quantitative estimate of drug-likeness (QED) is 0.741. The minimum absolute atomic E-state index is 0.0827. The third-order valence-electron chi connectivity index (χ3n) is 5.60. The van der Waals surface area contributed by atoms with Crippen LogP contribution in [0.15, 0.2) is 42.6 Å². The first-order chi connectivity index (χ1) is 14.0. The zero-order chi connectivity index (χ0) is 20.4. The predicted molar refractivity (Wildman–Crippen MR) is 111 cm³/mol. The normalized spacial score (nSPS) is 14.9. The number of rotatable bonds is 4. The molecule has 150 valence electrons.